The fourth-order valence-corrected chi connectivity index (χ4v) is 4.95. The van der Waals surface area contributed by atoms with Gasteiger partial charge in [-0.1, -0.05) is 187 Å². The van der Waals surface area contributed by atoms with Gasteiger partial charge in [-0.25, -0.2) is 0 Å². The van der Waals surface area contributed by atoms with Crippen molar-refractivity contribution in [1.29, 1.82) is 0 Å². The SMILES string of the molecule is CCCCCCCCCCCCCC(=O)O.CCCCCCCCCCCCCCCCCCCCO. The third kappa shape index (κ3) is 42.8. The van der Waals surface area contributed by atoms with Crippen molar-refractivity contribution in [3.63, 3.8) is 0 Å². The average Bonchev–Trinajstić information content (AvgIpc) is 2.89. The van der Waals surface area contributed by atoms with Crippen molar-refractivity contribution in [3.8, 4) is 0 Å². The van der Waals surface area contributed by atoms with E-state index in [4.69, 9.17) is 10.2 Å². The predicted molar refractivity (Wildman–Crippen MR) is 165 cm³/mol. The van der Waals surface area contributed by atoms with E-state index in [0.29, 0.717) is 13.0 Å². The van der Waals surface area contributed by atoms with E-state index in [1.165, 1.54) is 167 Å². The van der Waals surface area contributed by atoms with Crippen molar-refractivity contribution in [1.82, 2.24) is 0 Å². The molecule has 0 spiro atoms. The molecule has 0 fully saturated rings. The molecule has 224 valence electrons. The molecule has 0 amide bonds. The molecule has 0 unspecified atom stereocenters. The van der Waals surface area contributed by atoms with Crippen molar-refractivity contribution in [3.05, 3.63) is 0 Å². The smallest absolute Gasteiger partial charge is 0.303 e. The molecule has 0 rings (SSSR count). The Bertz CT molecular complexity index is 379. The number of rotatable bonds is 30. The minimum atomic E-state index is -0.657. The van der Waals surface area contributed by atoms with Gasteiger partial charge >= 0.3 is 5.97 Å². The summed E-state index contributed by atoms with van der Waals surface area (Å²) in [7, 11) is 0. The lowest BCUT2D eigenvalue weighted by molar-refractivity contribution is -0.137. The zero-order valence-electron chi connectivity index (χ0n) is 25.7. The van der Waals surface area contributed by atoms with E-state index in [9.17, 15) is 4.79 Å². The van der Waals surface area contributed by atoms with Crippen molar-refractivity contribution in [2.24, 2.45) is 0 Å². The Balaban J connectivity index is 0. The number of hydrogen-bond acceptors (Lipinski definition) is 2. The lowest BCUT2D eigenvalue weighted by Crippen LogP contribution is -1.93. The van der Waals surface area contributed by atoms with Crippen LogP contribution in [-0.2, 0) is 4.79 Å². The van der Waals surface area contributed by atoms with Crippen LogP contribution in [0.25, 0.3) is 0 Å². The van der Waals surface area contributed by atoms with E-state index in [-0.39, 0.29) is 0 Å². The Kier molecular flexibility index (Phi) is 39.2. The molecule has 0 aliphatic heterocycles. The number of carboxylic acid groups (broad SMARTS) is 1. The van der Waals surface area contributed by atoms with Crippen LogP contribution in [0.2, 0.25) is 0 Å². The molecule has 0 bridgehead atoms. The highest BCUT2D eigenvalue weighted by Crippen LogP contribution is 2.14. The summed E-state index contributed by atoms with van der Waals surface area (Å²) >= 11 is 0. The number of carbonyl (C=O) groups is 1. The van der Waals surface area contributed by atoms with Crippen molar-refractivity contribution < 1.29 is 15.0 Å². The summed E-state index contributed by atoms with van der Waals surface area (Å²) in [6.07, 6.45) is 39.5. The lowest BCUT2D eigenvalue weighted by atomic mass is 10.0. The first kappa shape index (κ1) is 38.6. The third-order valence-corrected chi connectivity index (χ3v) is 7.51. The standard InChI is InChI=1S/C20H42O.C14H28O2/c1-2-3-4-5-6-7-8-9-10-11-12-13-14-15-16-17-18-19-20-21;1-2-3-4-5-6-7-8-9-10-11-12-13-14(15)16/h21H,2-20H2,1H3;2-13H2,1H3,(H,15,16). The molecule has 0 aromatic carbocycles. The molecule has 0 heterocycles. The van der Waals surface area contributed by atoms with Crippen molar-refractivity contribution in [2.75, 3.05) is 6.61 Å². The van der Waals surface area contributed by atoms with E-state index in [1.54, 1.807) is 0 Å². The molecule has 3 nitrogen and oxygen atoms in total. The molecule has 37 heavy (non-hydrogen) atoms. The summed E-state index contributed by atoms with van der Waals surface area (Å²) in [5.74, 6) is -0.657. The topological polar surface area (TPSA) is 57.5 Å². The van der Waals surface area contributed by atoms with Crippen LogP contribution in [-0.4, -0.2) is 22.8 Å². The second-order valence-electron chi connectivity index (χ2n) is 11.4. The zero-order chi connectivity index (χ0) is 27.5. The maximum Gasteiger partial charge on any atom is 0.303 e. The average molecular weight is 527 g/mol. The summed E-state index contributed by atoms with van der Waals surface area (Å²) < 4.78 is 0. The minimum absolute atomic E-state index is 0.344. The van der Waals surface area contributed by atoms with E-state index < -0.39 is 5.97 Å². The van der Waals surface area contributed by atoms with E-state index >= 15 is 0 Å². The van der Waals surface area contributed by atoms with Gasteiger partial charge < -0.3 is 10.2 Å². The largest absolute Gasteiger partial charge is 0.481 e. The molecule has 0 aliphatic rings. The Morgan fingerprint density at radius 1 is 0.378 bits per heavy atom. The molecular weight excluding hydrogens is 456 g/mol. The third-order valence-electron chi connectivity index (χ3n) is 7.51. The zero-order valence-corrected chi connectivity index (χ0v) is 25.7. The van der Waals surface area contributed by atoms with Gasteiger partial charge in [-0.2, -0.15) is 0 Å². The van der Waals surface area contributed by atoms with Gasteiger partial charge in [-0.15, -0.1) is 0 Å². The van der Waals surface area contributed by atoms with Crippen LogP contribution in [0.4, 0.5) is 0 Å². The molecule has 3 heteroatoms. The number of unbranched alkanes of at least 4 members (excludes halogenated alkanes) is 27. The van der Waals surface area contributed by atoms with Gasteiger partial charge in [0.05, 0.1) is 0 Å². The molecule has 0 radical (unpaired) electrons. The second kappa shape index (κ2) is 37.6. The van der Waals surface area contributed by atoms with Crippen LogP contribution >= 0.6 is 0 Å². The van der Waals surface area contributed by atoms with Gasteiger partial charge in [0.2, 0.25) is 0 Å². The van der Waals surface area contributed by atoms with Crippen LogP contribution in [0.5, 0.6) is 0 Å². The molecule has 0 saturated carbocycles. The normalized spacial score (nSPS) is 10.9. The van der Waals surface area contributed by atoms with Crippen molar-refractivity contribution >= 4 is 5.97 Å². The Morgan fingerprint density at radius 2 is 0.595 bits per heavy atom. The molecule has 0 atom stereocenters. The maximum absolute atomic E-state index is 10.3. The van der Waals surface area contributed by atoms with Crippen LogP contribution in [0.15, 0.2) is 0 Å². The highest BCUT2D eigenvalue weighted by atomic mass is 16.4. The number of carboxylic acids is 1. The Labute approximate surface area is 234 Å². The number of aliphatic hydroxyl groups excluding tert-OH is 1. The van der Waals surface area contributed by atoms with E-state index in [2.05, 4.69) is 13.8 Å². The number of aliphatic hydroxyl groups is 1. The van der Waals surface area contributed by atoms with Gasteiger partial charge in [0.25, 0.3) is 0 Å². The van der Waals surface area contributed by atoms with Gasteiger partial charge in [0.15, 0.2) is 0 Å². The lowest BCUT2D eigenvalue weighted by Gasteiger charge is -2.03. The maximum atomic E-state index is 10.3. The molecule has 0 aromatic rings. The fourth-order valence-electron chi connectivity index (χ4n) is 4.95. The quantitative estimate of drug-likeness (QED) is 0.0915. The first-order valence-corrected chi connectivity index (χ1v) is 17.0. The summed E-state index contributed by atoms with van der Waals surface area (Å²) in [5.41, 5.74) is 0. The Morgan fingerprint density at radius 3 is 0.811 bits per heavy atom. The highest BCUT2D eigenvalue weighted by molar-refractivity contribution is 5.66. The molecule has 0 saturated heterocycles. The summed E-state index contributed by atoms with van der Waals surface area (Å²) in [6.45, 7) is 4.91. The van der Waals surface area contributed by atoms with Crippen molar-refractivity contribution in [2.45, 2.75) is 206 Å². The predicted octanol–water partition coefficient (Wildman–Crippen LogP) is 11.8. The monoisotopic (exact) mass is 527 g/mol. The minimum Gasteiger partial charge on any atom is -0.481 e. The summed E-state index contributed by atoms with van der Waals surface area (Å²) in [6, 6.07) is 0. The second-order valence-corrected chi connectivity index (χ2v) is 11.4. The van der Waals surface area contributed by atoms with Crippen LogP contribution in [0.3, 0.4) is 0 Å². The van der Waals surface area contributed by atoms with Gasteiger partial charge in [0.1, 0.15) is 0 Å². The molecular formula is C34H70O3. The fraction of sp³-hybridized carbons (Fsp3) is 0.971. The van der Waals surface area contributed by atoms with Crippen LogP contribution < -0.4 is 0 Å². The van der Waals surface area contributed by atoms with Gasteiger partial charge in [-0.3, -0.25) is 4.79 Å². The molecule has 0 aliphatic carbocycles. The van der Waals surface area contributed by atoms with Gasteiger partial charge in [0, 0.05) is 13.0 Å². The summed E-state index contributed by atoms with van der Waals surface area (Å²) in [4.78, 5) is 10.3. The summed E-state index contributed by atoms with van der Waals surface area (Å²) in [5, 5.41) is 17.1. The highest BCUT2D eigenvalue weighted by Gasteiger charge is 1.97. The van der Waals surface area contributed by atoms with Crippen LogP contribution in [0, 0.1) is 0 Å². The molecule has 0 aromatic heterocycles. The number of aliphatic carboxylic acids is 1. The number of hydrogen-bond donors (Lipinski definition) is 2. The first-order chi connectivity index (χ1) is 18.2. The Hall–Kier alpha value is -0.570. The van der Waals surface area contributed by atoms with Gasteiger partial charge in [-0.05, 0) is 12.8 Å². The van der Waals surface area contributed by atoms with E-state index in [0.717, 1.165) is 19.3 Å². The molecule has 2 N–H and O–H groups in total. The van der Waals surface area contributed by atoms with Crippen LogP contribution in [0.1, 0.15) is 206 Å². The van der Waals surface area contributed by atoms with E-state index in [1.807, 2.05) is 0 Å². The first-order valence-electron chi connectivity index (χ1n) is 17.0.